The molecule has 0 aliphatic heterocycles. The summed E-state index contributed by atoms with van der Waals surface area (Å²) in [5.41, 5.74) is 2.36. The molecule has 2 heterocycles. The molecule has 5 nitrogen and oxygen atoms in total. The van der Waals surface area contributed by atoms with Gasteiger partial charge in [-0.05, 0) is 48.0 Å². The summed E-state index contributed by atoms with van der Waals surface area (Å²) >= 11 is 0. The fraction of sp³-hybridized carbons (Fsp3) is 0.0909. The van der Waals surface area contributed by atoms with E-state index in [4.69, 9.17) is 0 Å². The van der Waals surface area contributed by atoms with E-state index in [-0.39, 0.29) is 5.91 Å². The molecule has 30 heavy (non-hydrogen) atoms. The van der Waals surface area contributed by atoms with Gasteiger partial charge in [-0.15, -0.1) is 0 Å². The van der Waals surface area contributed by atoms with E-state index in [0.29, 0.717) is 28.5 Å². The first-order valence-corrected chi connectivity index (χ1v) is 9.09. The van der Waals surface area contributed by atoms with E-state index in [1.165, 1.54) is 13.0 Å². The number of nitrogens with zero attached hydrogens (tertiary/aromatic N) is 1. The van der Waals surface area contributed by atoms with E-state index in [9.17, 15) is 18.0 Å². The van der Waals surface area contributed by atoms with Crippen molar-refractivity contribution in [3.8, 4) is 11.3 Å². The van der Waals surface area contributed by atoms with E-state index < -0.39 is 11.7 Å². The summed E-state index contributed by atoms with van der Waals surface area (Å²) in [6, 6.07) is 15.8. The first kappa shape index (κ1) is 19.5. The van der Waals surface area contributed by atoms with Crippen LogP contribution in [0.3, 0.4) is 0 Å². The van der Waals surface area contributed by atoms with E-state index in [0.717, 1.165) is 23.0 Å². The summed E-state index contributed by atoms with van der Waals surface area (Å²) in [6.07, 6.45) is -2.80. The lowest BCUT2D eigenvalue weighted by molar-refractivity contribution is -0.137. The number of aromatic nitrogens is 2. The molecule has 0 unspecified atom stereocenters. The highest BCUT2D eigenvalue weighted by Crippen LogP contribution is 2.34. The highest BCUT2D eigenvalue weighted by Gasteiger charge is 2.30. The summed E-state index contributed by atoms with van der Waals surface area (Å²) in [6.45, 7) is 1.43. The lowest BCUT2D eigenvalue weighted by atomic mass is 10.1. The average molecular weight is 410 g/mol. The van der Waals surface area contributed by atoms with Gasteiger partial charge in [0, 0.05) is 35.6 Å². The lowest BCUT2D eigenvalue weighted by Crippen LogP contribution is -2.05. The van der Waals surface area contributed by atoms with Crippen molar-refractivity contribution in [3.05, 3.63) is 72.4 Å². The highest BCUT2D eigenvalue weighted by atomic mass is 19.4. The van der Waals surface area contributed by atoms with Crippen LogP contribution in [0.15, 0.2) is 66.9 Å². The van der Waals surface area contributed by atoms with Crippen molar-refractivity contribution in [2.75, 3.05) is 10.6 Å². The Hall–Kier alpha value is -3.81. The number of carbonyl (C=O) groups is 1. The highest BCUT2D eigenvalue weighted by molar-refractivity contribution is 5.95. The molecule has 0 radical (unpaired) electrons. The van der Waals surface area contributed by atoms with E-state index in [1.807, 2.05) is 6.07 Å². The average Bonchev–Trinajstić information content (AvgIpc) is 3.13. The van der Waals surface area contributed by atoms with Crippen molar-refractivity contribution in [2.45, 2.75) is 13.1 Å². The zero-order valence-corrected chi connectivity index (χ0v) is 15.8. The third-order valence-corrected chi connectivity index (χ3v) is 4.49. The second-order valence-corrected chi connectivity index (χ2v) is 6.77. The lowest BCUT2D eigenvalue weighted by Gasteiger charge is -2.09. The number of halogens is 3. The summed E-state index contributed by atoms with van der Waals surface area (Å²) in [5.74, 6) is 0.366. The number of alkyl halides is 3. The fourth-order valence-electron chi connectivity index (χ4n) is 3.19. The van der Waals surface area contributed by atoms with Gasteiger partial charge in [0.15, 0.2) is 0 Å². The number of anilines is 3. The number of amides is 1. The number of rotatable bonds is 4. The number of benzene rings is 2. The molecule has 0 atom stereocenters. The monoisotopic (exact) mass is 410 g/mol. The van der Waals surface area contributed by atoms with Crippen LogP contribution in [0.1, 0.15) is 12.5 Å². The summed E-state index contributed by atoms with van der Waals surface area (Å²) in [7, 11) is 0. The van der Waals surface area contributed by atoms with Crippen LogP contribution in [0, 0.1) is 0 Å². The number of nitrogens with one attached hydrogen (secondary N) is 3. The largest absolute Gasteiger partial charge is 0.416 e. The molecule has 3 N–H and O–H groups in total. The van der Waals surface area contributed by atoms with Gasteiger partial charge >= 0.3 is 6.18 Å². The number of hydrogen-bond acceptors (Lipinski definition) is 3. The van der Waals surface area contributed by atoms with Crippen LogP contribution in [-0.2, 0) is 11.0 Å². The zero-order chi connectivity index (χ0) is 21.3. The normalized spacial score (nSPS) is 11.5. The minimum absolute atomic E-state index is 0.177. The Balaban J connectivity index is 1.69. The van der Waals surface area contributed by atoms with Gasteiger partial charge in [-0.3, -0.25) is 4.79 Å². The molecule has 4 aromatic rings. The SMILES string of the molecule is CC(=O)Nc1cccc(Nc2nccc3[nH]c(-c4cccc(C(F)(F)F)c4)cc23)c1. The van der Waals surface area contributed by atoms with Gasteiger partial charge in [0.1, 0.15) is 5.82 Å². The number of pyridine rings is 1. The molecule has 152 valence electrons. The standard InChI is InChI=1S/C22H17F3N4O/c1-13(30)27-16-6-3-7-17(11-16)28-21-18-12-20(29-19(18)8-9-26-21)14-4-2-5-15(10-14)22(23,24)25/h2-12,29H,1H3,(H,26,28)(H,27,30). The molecule has 0 fully saturated rings. The maximum Gasteiger partial charge on any atom is 0.416 e. The van der Waals surface area contributed by atoms with Crippen molar-refractivity contribution in [1.82, 2.24) is 9.97 Å². The van der Waals surface area contributed by atoms with Gasteiger partial charge in [0.2, 0.25) is 5.91 Å². The maximum atomic E-state index is 13.0. The quantitative estimate of drug-likeness (QED) is 0.389. The molecule has 0 aliphatic carbocycles. The predicted octanol–water partition coefficient (Wildman–Crippen LogP) is 5.95. The summed E-state index contributed by atoms with van der Waals surface area (Å²) < 4.78 is 39.1. The van der Waals surface area contributed by atoms with E-state index >= 15 is 0 Å². The smallest absolute Gasteiger partial charge is 0.354 e. The van der Waals surface area contributed by atoms with Gasteiger partial charge in [-0.2, -0.15) is 13.2 Å². The zero-order valence-electron chi connectivity index (χ0n) is 15.8. The van der Waals surface area contributed by atoms with Crippen molar-refractivity contribution >= 4 is 34.0 Å². The van der Waals surface area contributed by atoms with Crippen LogP contribution < -0.4 is 10.6 Å². The Labute approximate surface area is 170 Å². The van der Waals surface area contributed by atoms with Gasteiger partial charge in [0.05, 0.1) is 11.1 Å². The molecule has 1 amide bonds. The van der Waals surface area contributed by atoms with Crippen LogP contribution in [0.25, 0.3) is 22.2 Å². The van der Waals surface area contributed by atoms with Gasteiger partial charge in [-0.1, -0.05) is 18.2 Å². The Kier molecular flexibility index (Phi) is 4.91. The molecule has 0 spiro atoms. The van der Waals surface area contributed by atoms with Crippen molar-refractivity contribution in [2.24, 2.45) is 0 Å². The first-order chi connectivity index (χ1) is 14.3. The van der Waals surface area contributed by atoms with Crippen LogP contribution in [0.5, 0.6) is 0 Å². The van der Waals surface area contributed by atoms with Crippen LogP contribution >= 0.6 is 0 Å². The maximum absolute atomic E-state index is 13.0. The molecular formula is C22H17F3N4O. The number of aromatic amines is 1. The Morgan fingerprint density at radius 2 is 1.77 bits per heavy atom. The minimum atomic E-state index is -4.41. The van der Waals surface area contributed by atoms with Crippen LogP contribution in [0.2, 0.25) is 0 Å². The first-order valence-electron chi connectivity index (χ1n) is 9.09. The Morgan fingerprint density at radius 1 is 1.00 bits per heavy atom. The second kappa shape index (κ2) is 7.55. The van der Waals surface area contributed by atoms with Gasteiger partial charge in [0.25, 0.3) is 0 Å². The number of hydrogen-bond donors (Lipinski definition) is 3. The third-order valence-electron chi connectivity index (χ3n) is 4.49. The Morgan fingerprint density at radius 3 is 2.53 bits per heavy atom. The van der Waals surface area contributed by atoms with Crippen molar-refractivity contribution in [1.29, 1.82) is 0 Å². The summed E-state index contributed by atoms with van der Waals surface area (Å²) in [4.78, 5) is 18.8. The minimum Gasteiger partial charge on any atom is -0.354 e. The van der Waals surface area contributed by atoms with Crippen LogP contribution in [0.4, 0.5) is 30.4 Å². The molecule has 4 rings (SSSR count). The molecule has 0 saturated heterocycles. The molecule has 2 aromatic heterocycles. The predicted molar refractivity (Wildman–Crippen MR) is 111 cm³/mol. The molecule has 0 aliphatic rings. The number of fused-ring (bicyclic) bond motifs is 1. The Bertz CT molecular complexity index is 1230. The van der Waals surface area contributed by atoms with Gasteiger partial charge in [-0.25, -0.2) is 4.98 Å². The number of H-pyrrole nitrogens is 1. The molecule has 8 heteroatoms. The van der Waals surface area contributed by atoms with Crippen molar-refractivity contribution in [3.63, 3.8) is 0 Å². The van der Waals surface area contributed by atoms with Gasteiger partial charge < -0.3 is 15.6 Å². The fourth-order valence-corrected chi connectivity index (χ4v) is 3.19. The van der Waals surface area contributed by atoms with E-state index in [1.54, 1.807) is 42.6 Å². The molecule has 0 bridgehead atoms. The van der Waals surface area contributed by atoms with Crippen molar-refractivity contribution < 1.29 is 18.0 Å². The number of carbonyl (C=O) groups excluding carboxylic acids is 1. The molecular weight excluding hydrogens is 393 g/mol. The van der Waals surface area contributed by atoms with Crippen LogP contribution in [-0.4, -0.2) is 15.9 Å². The summed E-state index contributed by atoms with van der Waals surface area (Å²) in [5, 5.41) is 6.64. The third kappa shape index (κ3) is 4.12. The molecule has 2 aromatic carbocycles. The molecule has 0 saturated carbocycles. The van der Waals surface area contributed by atoms with E-state index in [2.05, 4.69) is 20.6 Å². The second-order valence-electron chi connectivity index (χ2n) is 6.77. The topological polar surface area (TPSA) is 69.8 Å².